The second-order valence-electron chi connectivity index (χ2n) is 5.60. The molecule has 0 bridgehead atoms. The number of anilines is 1. The topological polar surface area (TPSA) is 58.2 Å². The van der Waals surface area contributed by atoms with Crippen LogP contribution in [0.5, 0.6) is 0 Å². The van der Waals surface area contributed by atoms with Crippen LogP contribution in [0.4, 0.5) is 10.5 Å². The van der Waals surface area contributed by atoms with Gasteiger partial charge in [0.1, 0.15) is 0 Å². The normalized spacial score (nSPS) is 11.8. The molecule has 5 heteroatoms. The van der Waals surface area contributed by atoms with Crippen LogP contribution in [0.2, 0.25) is 0 Å². The SMILES string of the molecule is CCc1ccc(CC)c(NC(=O)NCc2ccc(S(C)=O)cc2)c1. The highest BCUT2D eigenvalue weighted by Crippen LogP contribution is 2.19. The van der Waals surface area contributed by atoms with Gasteiger partial charge in [-0.25, -0.2) is 4.79 Å². The van der Waals surface area contributed by atoms with Gasteiger partial charge < -0.3 is 10.6 Å². The van der Waals surface area contributed by atoms with Gasteiger partial charge in [-0.15, -0.1) is 0 Å². The highest BCUT2D eigenvalue weighted by molar-refractivity contribution is 7.84. The predicted octanol–water partition coefficient (Wildman–Crippen LogP) is 3.87. The third kappa shape index (κ3) is 4.93. The molecule has 0 spiro atoms. The van der Waals surface area contributed by atoms with Crippen molar-refractivity contribution in [3.05, 3.63) is 59.2 Å². The van der Waals surface area contributed by atoms with Crippen molar-refractivity contribution < 1.29 is 9.00 Å². The first-order chi connectivity index (χ1) is 11.5. The number of benzene rings is 2. The fourth-order valence-corrected chi connectivity index (χ4v) is 2.94. The van der Waals surface area contributed by atoms with Gasteiger partial charge in [0.2, 0.25) is 0 Å². The molecule has 2 amide bonds. The Morgan fingerprint density at radius 2 is 1.67 bits per heavy atom. The number of carbonyl (C=O) groups excluding carboxylic acids is 1. The van der Waals surface area contributed by atoms with Crippen LogP contribution in [0.1, 0.15) is 30.5 Å². The molecule has 0 aromatic heterocycles. The minimum Gasteiger partial charge on any atom is -0.334 e. The molecule has 2 aromatic rings. The molecule has 4 nitrogen and oxygen atoms in total. The molecular weight excluding hydrogens is 320 g/mol. The number of nitrogens with one attached hydrogen (secondary N) is 2. The van der Waals surface area contributed by atoms with Crippen LogP contribution >= 0.6 is 0 Å². The van der Waals surface area contributed by atoms with Crippen molar-refractivity contribution in [2.45, 2.75) is 38.1 Å². The third-order valence-electron chi connectivity index (χ3n) is 3.92. The summed E-state index contributed by atoms with van der Waals surface area (Å²) in [6.07, 6.45) is 3.46. The summed E-state index contributed by atoms with van der Waals surface area (Å²) in [6, 6.07) is 13.4. The first kappa shape index (κ1) is 18.2. The zero-order valence-electron chi connectivity index (χ0n) is 14.4. The molecule has 0 aliphatic carbocycles. The summed E-state index contributed by atoms with van der Waals surface area (Å²) in [5.41, 5.74) is 4.16. The van der Waals surface area contributed by atoms with E-state index in [1.165, 1.54) is 5.56 Å². The first-order valence-electron chi connectivity index (χ1n) is 8.12. The Morgan fingerprint density at radius 1 is 1.00 bits per heavy atom. The quantitative estimate of drug-likeness (QED) is 0.836. The van der Waals surface area contributed by atoms with Gasteiger partial charge in [0, 0.05) is 34.2 Å². The van der Waals surface area contributed by atoms with E-state index in [9.17, 15) is 9.00 Å². The zero-order valence-corrected chi connectivity index (χ0v) is 15.2. The summed E-state index contributed by atoms with van der Waals surface area (Å²) in [4.78, 5) is 12.9. The van der Waals surface area contributed by atoms with E-state index in [1.54, 1.807) is 6.26 Å². The van der Waals surface area contributed by atoms with Crippen LogP contribution in [0.3, 0.4) is 0 Å². The van der Waals surface area contributed by atoms with Gasteiger partial charge in [0.25, 0.3) is 0 Å². The maximum absolute atomic E-state index is 12.2. The lowest BCUT2D eigenvalue weighted by Crippen LogP contribution is -2.28. The Labute approximate surface area is 146 Å². The van der Waals surface area contributed by atoms with Crippen molar-refractivity contribution >= 4 is 22.5 Å². The van der Waals surface area contributed by atoms with E-state index < -0.39 is 10.8 Å². The van der Waals surface area contributed by atoms with Crippen molar-refractivity contribution in [1.82, 2.24) is 5.32 Å². The van der Waals surface area contributed by atoms with Gasteiger partial charge in [-0.3, -0.25) is 4.21 Å². The summed E-state index contributed by atoms with van der Waals surface area (Å²) >= 11 is 0. The van der Waals surface area contributed by atoms with Gasteiger partial charge >= 0.3 is 6.03 Å². The minimum atomic E-state index is -0.983. The van der Waals surface area contributed by atoms with Crippen molar-refractivity contribution in [2.24, 2.45) is 0 Å². The Balaban J connectivity index is 1.97. The second kappa shape index (κ2) is 8.64. The highest BCUT2D eigenvalue weighted by atomic mass is 32.2. The van der Waals surface area contributed by atoms with Crippen molar-refractivity contribution in [1.29, 1.82) is 0 Å². The van der Waals surface area contributed by atoms with E-state index in [4.69, 9.17) is 0 Å². The van der Waals surface area contributed by atoms with Gasteiger partial charge in [-0.05, 0) is 47.7 Å². The predicted molar refractivity (Wildman–Crippen MR) is 99.8 cm³/mol. The lowest BCUT2D eigenvalue weighted by molar-refractivity contribution is 0.251. The molecule has 2 rings (SSSR count). The largest absolute Gasteiger partial charge is 0.334 e. The molecule has 0 radical (unpaired) electrons. The molecule has 0 saturated heterocycles. The number of hydrogen-bond acceptors (Lipinski definition) is 2. The van der Waals surface area contributed by atoms with E-state index >= 15 is 0 Å². The molecule has 0 heterocycles. The molecule has 0 aliphatic rings. The molecule has 0 aliphatic heterocycles. The van der Waals surface area contributed by atoms with E-state index in [1.807, 2.05) is 30.3 Å². The molecule has 0 fully saturated rings. The van der Waals surface area contributed by atoms with Gasteiger partial charge in [-0.1, -0.05) is 38.1 Å². The fourth-order valence-electron chi connectivity index (χ4n) is 2.42. The Hall–Kier alpha value is -2.14. The second-order valence-corrected chi connectivity index (χ2v) is 6.98. The van der Waals surface area contributed by atoms with Crippen LogP contribution < -0.4 is 10.6 Å². The van der Waals surface area contributed by atoms with Gasteiger partial charge in [0.05, 0.1) is 0 Å². The van der Waals surface area contributed by atoms with Crippen LogP contribution in [0.15, 0.2) is 47.4 Å². The smallest absolute Gasteiger partial charge is 0.319 e. The number of rotatable bonds is 6. The number of amides is 2. The molecular formula is C19H24N2O2S. The lowest BCUT2D eigenvalue weighted by Gasteiger charge is -2.13. The molecule has 1 atom stereocenters. The molecule has 1 unspecified atom stereocenters. The third-order valence-corrected chi connectivity index (χ3v) is 4.86. The number of carbonyl (C=O) groups is 1. The van der Waals surface area contributed by atoms with E-state index in [0.717, 1.165) is 34.6 Å². The van der Waals surface area contributed by atoms with Crippen molar-refractivity contribution in [3.63, 3.8) is 0 Å². The maximum atomic E-state index is 12.2. The summed E-state index contributed by atoms with van der Waals surface area (Å²) in [7, 11) is -0.983. The van der Waals surface area contributed by atoms with Crippen molar-refractivity contribution in [3.8, 4) is 0 Å². The number of aryl methyl sites for hydroxylation is 2. The van der Waals surface area contributed by atoms with E-state index in [-0.39, 0.29) is 6.03 Å². The fraction of sp³-hybridized carbons (Fsp3) is 0.316. The van der Waals surface area contributed by atoms with E-state index in [2.05, 4.69) is 36.6 Å². The summed E-state index contributed by atoms with van der Waals surface area (Å²) in [5, 5.41) is 5.80. The Morgan fingerprint density at radius 3 is 2.25 bits per heavy atom. The molecule has 2 N–H and O–H groups in total. The molecule has 0 saturated carbocycles. The average Bonchev–Trinajstić information content (AvgIpc) is 2.60. The molecule has 24 heavy (non-hydrogen) atoms. The molecule has 128 valence electrons. The van der Waals surface area contributed by atoms with Crippen LogP contribution in [0.25, 0.3) is 0 Å². The van der Waals surface area contributed by atoms with Crippen LogP contribution in [-0.2, 0) is 30.2 Å². The number of hydrogen-bond donors (Lipinski definition) is 2. The lowest BCUT2D eigenvalue weighted by atomic mass is 10.1. The van der Waals surface area contributed by atoms with Crippen LogP contribution in [0, 0.1) is 0 Å². The Kier molecular flexibility index (Phi) is 6.55. The maximum Gasteiger partial charge on any atom is 0.319 e. The van der Waals surface area contributed by atoms with Gasteiger partial charge in [0.15, 0.2) is 0 Å². The monoisotopic (exact) mass is 344 g/mol. The summed E-state index contributed by atoms with van der Waals surface area (Å²) in [5.74, 6) is 0. The first-order valence-corrected chi connectivity index (χ1v) is 9.68. The average molecular weight is 344 g/mol. The minimum absolute atomic E-state index is 0.221. The van der Waals surface area contributed by atoms with E-state index in [0.29, 0.717) is 6.54 Å². The number of urea groups is 1. The summed E-state index contributed by atoms with van der Waals surface area (Å²) < 4.78 is 11.4. The summed E-state index contributed by atoms with van der Waals surface area (Å²) in [6.45, 7) is 4.60. The van der Waals surface area contributed by atoms with Crippen molar-refractivity contribution in [2.75, 3.05) is 11.6 Å². The van der Waals surface area contributed by atoms with Gasteiger partial charge in [-0.2, -0.15) is 0 Å². The highest BCUT2D eigenvalue weighted by Gasteiger charge is 2.07. The standard InChI is InChI=1S/C19H24N2O2S/c1-4-14-6-9-16(5-2)18(12-14)21-19(22)20-13-15-7-10-17(11-8-15)24(3)23/h6-12H,4-5,13H2,1-3H3,(H2,20,21,22). The Bertz CT molecular complexity index is 727. The molecule has 2 aromatic carbocycles. The van der Waals surface area contributed by atoms with Crippen LogP contribution in [-0.4, -0.2) is 16.5 Å². The zero-order chi connectivity index (χ0) is 17.5.